The lowest BCUT2D eigenvalue weighted by molar-refractivity contribution is 0.0954. The molecular formula is C24H22Br2N2O6S. The van der Waals surface area contributed by atoms with Crippen molar-refractivity contribution >= 4 is 54.1 Å². The molecule has 0 spiro atoms. The fourth-order valence-corrected chi connectivity index (χ4v) is 5.48. The second-order valence-electron chi connectivity index (χ2n) is 7.16. The fraction of sp³-hybridized carbons (Fsp3) is 0.167. The topological polar surface area (TPSA) is 103 Å². The van der Waals surface area contributed by atoms with Crippen LogP contribution in [-0.2, 0) is 10.1 Å². The van der Waals surface area contributed by atoms with E-state index in [0.717, 1.165) is 5.56 Å². The highest BCUT2D eigenvalue weighted by molar-refractivity contribution is 9.11. The molecule has 35 heavy (non-hydrogen) atoms. The molecule has 3 rings (SSSR count). The molecule has 0 atom stereocenters. The highest BCUT2D eigenvalue weighted by atomic mass is 79.9. The molecule has 0 fully saturated rings. The third kappa shape index (κ3) is 6.83. The average Bonchev–Trinajstić information content (AvgIpc) is 2.82. The Bertz CT molecular complexity index is 1340. The number of hydrazone groups is 1. The zero-order valence-corrected chi connectivity index (χ0v) is 23.0. The van der Waals surface area contributed by atoms with Gasteiger partial charge in [-0.2, -0.15) is 13.5 Å². The van der Waals surface area contributed by atoms with E-state index in [2.05, 4.69) is 42.4 Å². The van der Waals surface area contributed by atoms with Crippen molar-refractivity contribution in [2.24, 2.45) is 5.10 Å². The first-order valence-corrected chi connectivity index (χ1v) is 13.3. The summed E-state index contributed by atoms with van der Waals surface area (Å²) in [6.07, 6.45) is 1.42. The van der Waals surface area contributed by atoms with E-state index < -0.39 is 16.0 Å². The van der Waals surface area contributed by atoms with Crippen LogP contribution in [0.15, 0.2) is 73.5 Å². The summed E-state index contributed by atoms with van der Waals surface area (Å²) >= 11 is 6.67. The molecule has 0 unspecified atom stereocenters. The third-order valence-electron chi connectivity index (χ3n) is 4.63. The predicted octanol–water partition coefficient (Wildman–Crippen LogP) is 5.46. The van der Waals surface area contributed by atoms with E-state index in [9.17, 15) is 13.2 Å². The lowest BCUT2D eigenvalue weighted by atomic mass is 10.2. The van der Waals surface area contributed by atoms with Crippen LogP contribution in [0.2, 0.25) is 0 Å². The number of halogens is 2. The molecule has 0 saturated carbocycles. The van der Waals surface area contributed by atoms with E-state index in [1.807, 2.05) is 13.8 Å². The molecular weight excluding hydrogens is 604 g/mol. The van der Waals surface area contributed by atoms with Gasteiger partial charge >= 0.3 is 10.1 Å². The zero-order valence-electron chi connectivity index (χ0n) is 19.0. The van der Waals surface area contributed by atoms with Crippen molar-refractivity contribution in [1.29, 1.82) is 0 Å². The number of methoxy groups -OCH3 is 1. The standard InChI is InChI=1S/C24H22Br2N2O6S/c1-4-33-22-13-17(7-10-21(22)32-3)24(29)28-27-14-16-11-19(25)23(20(26)12-16)34-35(30,31)18-8-5-15(2)6-9-18/h5-14H,4H2,1-3H3,(H,28,29)/b27-14+. The van der Waals surface area contributed by atoms with Gasteiger partial charge in [-0.1, -0.05) is 17.7 Å². The lowest BCUT2D eigenvalue weighted by Crippen LogP contribution is -2.17. The van der Waals surface area contributed by atoms with Crippen molar-refractivity contribution < 1.29 is 26.9 Å². The summed E-state index contributed by atoms with van der Waals surface area (Å²) in [7, 11) is -2.51. The van der Waals surface area contributed by atoms with Crippen molar-refractivity contribution in [1.82, 2.24) is 5.43 Å². The van der Waals surface area contributed by atoms with Gasteiger partial charge < -0.3 is 13.7 Å². The molecule has 1 N–H and O–H groups in total. The van der Waals surface area contributed by atoms with Crippen molar-refractivity contribution in [2.45, 2.75) is 18.7 Å². The second-order valence-corrected chi connectivity index (χ2v) is 10.4. The van der Waals surface area contributed by atoms with E-state index in [4.69, 9.17) is 13.7 Å². The summed E-state index contributed by atoms with van der Waals surface area (Å²) in [6, 6.07) is 14.4. The number of carbonyl (C=O) groups is 1. The van der Waals surface area contributed by atoms with Gasteiger partial charge in [0.15, 0.2) is 17.2 Å². The molecule has 0 aliphatic heterocycles. The number of amides is 1. The average molecular weight is 626 g/mol. The Morgan fingerprint density at radius 3 is 2.29 bits per heavy atom. The number of ether oxygens (including phenoxy) is 2. The molecule has 0 bridgehead atoms. The first kappa shape index (κ1) is 26.7. The van der Waals surface area contributed by atoms with Crippen LogP contribution in [0.25, 0.3) is 0 Å². The van der Waals surface area contributed by atoms with E-state index in [-0.39, 0.29) is 10.6 Å². The summed E-state index contributed by atoms with van der Waals surface area (Å²) in [5.41, 5.74) is 4.31. The number of aryl methyl sites for hydroxylation is 1. The van der Waals surface area contributed by atoms with Crippen LogP contribution in [-0.4, -0.2) is 34.3 Å². The van der Waals surface area contributed by atoms with Crippen LogP contribution in [0.1, 0.15) is 28.4 Å². The number of nitrogens with one attached hydrogen (secondary N) is 1. The number of nitrogens with zero attached hydrogens (tertiary/aromatic N) is 1. The molecule has 0 heterocycles. The number of hydrogen-bond acceptors (Lipinski definition) is 7. The smallest absolute Gasteiger partial charge is 0.339 e. The SMILES string of the molecule is CCOc1cc(C(=O)N/N=C/c2cc(Br)c(OS(=O)(=O)c3ccc(C)cc3)c(Br)c2)ccc1OC. The molecule has 0 saturated heterocycles. The van der Waals surface area contributed by atoms with Gasteiger partial charge in [-0.15, -0.1) is 0 Å². The third-order valence-corrected chi connectivity index (χ3v) is 7.04. The van der Waals surface area contributed by atoms with Gasteiger partial charge in [0.1, 0.15) is 4.90 Å². The normalized spacial score (nSPS) is 11.3. The largest absolute Gasteiger partial charge is 0.493 e. The van der Waals surface area contributed by atoms with Crippen LogP contribution in [0.5, 0.6) is 17.2 Å². The summed E-state index contributed by atoms with van der Waals surface area (Å²) in [4.78, 5) is 12.5. The van der Waals surface area contributed by atoms with Gasteiger partial charge in [-0.05, 0) is 93.7 Å². The molecule has 1 amide bonds. The number of carbonyl (C=O) groups excluding carboxylic acids is 1. The van der Waals surface area contributed by atoms with Gasteiger partial charge in [0.2, 0.25) is 0 Å². The van der Waals surface area contributed by atoms with Gasteiger partial charge in [0, 0.05) is 5.56 Å². The molecule has 0 aromatic heterocycles. The molecule has 0 aliphatic rings. The van der Waals surface area contributed by atoms with Crippen LogP contribution in [0.4, 0.5) is 0 Å². The summed E-state index contributed by atoms with van der Waals surface area (Å²) < 4.78 is 42.1. The number of hydrogen-bond donors (Lipinski definition) is 1. The van der Waals surface area contributed by atoms with Gasteiger partial charge in [0.25, 0.3) is 5.91 Å². The Labute approximate surface area is 220 Å². The Kier molecular flexibility index (Phi) is 8.92. The minimum atomic E-state index is -4.03. The van der Waals surface area contributed by atoms with Crippen molar-refractivity contribution in [3.05, 3.63) is 80.2 Å². The van der Waals surface area contributed by atoms with Crippen LogP contribution in [0.3, 0.4) is 0 Å². The number of rotatable bonds is 9. The van der Waals surface area contributed by atoms with Crippen LogP contribution in [0, 0.1) is 6.92 Å². The molecule has 3 aromatic carbocycles. The second kappa shape index (κ2) is 11.7. The minimum Gasteiger partial charge on any atom is -0.493 e. The van der Waals surface area contributed by atoms with Crippen LogP contribution < -0.4 is 19.1 Å². The van der Waals surface area contributed by atoms with E-state index in [1.165, 1.54) is 25.5 Å². The maximum atomic E-state index is 12.6. The monoisotopic (exact) mass is 624 g/mol. The van der Waals surface area contributed by atoms with E-state index in [0.29, 0.717) is 38.2 Å². The zero-order chi connectivity index (χ0) is 25.6. The Balaban J connectivity index is 1.73. The van der Waals surface area contributed by atoms with E-state index >= 15 is 0 Å². The Morgan fingerprint density at radius 2 is 1.69 bits per heavy atom. The summed E-state index contributed by atoms with van der Waals surface area (Å²) in [5.74, 6) is 0.629. The Hall–Kier alpha value is -2.89. The van der Waals surface area contributed by atoms with Crippen molar-refractivity contribution in [3.8, 4) is 17.2 Å². The minimum absolute atomic E-state index is 0.0428. The van der Waals surface area contributed by atoms with Gasteiger partial charge in [-0.3, -0.25) is 4.79 Å². The fourth-order valence-electron chi connectivity index (χ4n) is 2.91. The molecule has 0 radical (unpaired) electrons. The molecule has 8 nitrogen and oxygen atoms in total. The predicted molar refractivity (Wildman–Crippen MR) is 140 cm³/mol. The highest BCUT2D eigenvalue weighted by Gasteiger charge is 2.20. The maximum Gasteiger partial charge on any atom is 0.339 e. The van der Waals surface area contributed by atoms with Crippen LogP contribution >= 0.6 is 31.9 Å². The summed E-state index contributed by atoms with van der Waals surface area (Å²) in [6.45, 7) is 4.12. The van der Waals surface area contributed by atoms with Crippen molar-refractivity contribution in [3.63, 3.8) is 0 Å². The van der Waals surface area contributed by atoms with Crippen molar-refractivity contribution in [2.75, 3.05) is 13.7 Å². The maximum absolute atomic E-state index is 12.6. The van der Waals surface area contributed by atoms with Gasteiger partial charge in [-0.25, -0.2) is 5.43 Å². The first-order chi connectivity index (χ1) is 16.6. The first-order valence-electron chi connectivity index (χ1n) is 10.3. The number of benzene rings is 3. The van der Waals surface area contributed by atoms with Gasteiger partial charge in [0.05, 0.1) is 28.9 Å². The highest BCUT2D eigenvalue weighted by Crippen LogP contribution is 2.36. The van der Waals surface area contributed by atoms with E-state index in [1.54, 1.807) is 42.5 Å². The lowest BCUT2D eigenvalue weighted by Gasteiger charge is -2.11. The molecule has 3 aromatic rings. The Morgan fingerprint density at radius 1 is 1.03 bits per heavy atom. The molecule has 0 aliphatic carbocycles. The quantitative estimate of drug-likeness (QED) is 0.192. The molecule has 184 valence electrons. The summed E-state index contributed by atoms with van der Waals surface area (Å²) in [5, 5.41) is 3.98. The molecule has 11 heteroatoms.